The van der Waals surface area contributed by atoms with Crippen molar-refractivity contribution < 1.29 is 18.7 Å². The van der Waals surface area contributed by atoms with E-state index in [4.69, 9.17) is 4.42 Å². The van der Waals surface area contributed by atoms with Gasteiger partial charge in [0.25, 0.3) is 0 Å². The molecule has 0 unspecified atom stereocenters. The summed E-state index contributed by atoms with van der Waals surface area (Å²) < 4.78 is 20.0. The summed E-state index contributed by atoms with van der Waals surface area (Å²) in [6.07, 6.45) is 2.95. The van der Waals surface area contributed by atoms with E-state index in [1.165, 1.54) is 24.5 Å². The molecule has 2 heterocycles. The fourth-order valence-corrected chi connectivity index (χ4v) is 2.31. The van der Waals surface area contributed by atoms with Crippen LogP contribution >= 0.6 is 0 Å². The third kappa shape index (κ3) is 4.05. The number of carbonyl (C=O) groups excluding carboxylic acids is 1. The maximum absolute atomic E-state index is 12.9. The molecule has 7 heteroatoms. The first-order valence-electron chi connectivity index (χ1n) is 8.12. The van der Waals surface area contributed by atoms with Crippen molar-refractivity contribution in [2.45, 2.75) is 26.3 Å². The van der Waals surface area contributed by atoms with E-state index in [0.29, 0.717) is 12.2 Å². The van der Waals surface area contributed by atoms with Crippen LogP contribution in [-0.2, 0) is 6.42 Å². The van der Waals surface area contributed by atoms with E-state index in [-0.39, 0.29) is 29.2 Å². The molecule has 3 aromatic rings. The monoisotopic (exact) mass is 355 g/mol. The number of aliphatic hydroxyl groups is 1. The molecule has 3 rings (SSSR count). The summed E-state index contributed by atoms with van der Waals surface area (Å²) in [7, 11) is 0. The highest BCUT2D eigenvalue weighted by Gasteiger charge is 2.14. The minimum atomic E-state index is -0.492. The molecule has 1 aromatic carbocycles. The fourth-order valence-electron chi connectivity index (χ4n) is 2.31. The summed E-state index contributed by atoms with van der Waals surface area (Å²) in [6.45, 7) is 3.85. The molecule has 0 aliphatic rings. The zero-order valence-corrected chi connectivity index (χ0v) is 14.4. The Morgan fingerprint density at radius 3 is 2.65 bits per heavy atom. The van der Waals surface area contributed by atoms with E-state index in [1.807, 2.05) is 13.8 Å². The first-order valence-corrected chi connectivity index (χ1v) is 8.12. The lowest BCUT2D eigenvalue weighted by Crippen LogP contribution is -2.02. The van der Waals surface area contributed by atoms with Crippen molar-refractivity contribution in [3.8, 4) is 0 Å². The van der Waals surface area contributed by atoms with Crippen LogP contribution in [0.25, 0.3) is 5.76 Å². The lowest BCUT2D eigenvalue weighted by atomic mass is 10.1. The van der Waals surface area contributed by atoms with Crippen LogP contribution in [0.2, 0.25) is 0 Å². The van der Waals surface area contributed by atoms with E-state index in [9.17, 15) is 14.3 Å². The van der Waals surface area contributed by atoms with Crippen LogP contribution < -0.4 is 0 Å². The van der Waals surface area contributed by atoms with Crippen molar-refractivity contribution in [1.82, 2.24) is 14.8 Å². The summed E-state index contributed by atoms with van der Waals surface area (Å²) in [5.74, 6) is -0.394. The molecule has 0 fully saturated rings. The van der Waals surface area contributed by atoms with Gasteiger partial charge in [-0.3, -0.25) is 4.79 Å². The number of rotatable bonds is 6. The molecule has 134 valence electrons. The highest BCUT2D eigenvalue weighted by atomic mass is 19.1. The van der Waals surface area contributed by atoms with Crippen LogP contribution in [0.1, 0.15) is 47.6 Å². The second kappa shape index (κ2) is 7.35. The number of ketones is 1. The Morgan fingerprint density at radius 1 is 1.27 bits per heavy atom. The van der Waals surface area contributed by atoms with Crippen molar-refractivity contribution in [3.63, 3.8) is 0 Å². The summed E-state index contributed by atoms with van der Waals surface area (Å²) in [5.41, 5.74) is 0.863. The molecule has 26 heavy (non-hydrogen) atoms. The Hall–Kier alpha value is -3.22. The van der Waals surface area contributed by atoms with Crippen LogP contribution in [0.3, 0.4) is 0 Å². The molecule has 0 saturated heterocycles. The smallest absolute Gasteiger partial charge is 0.224 e. The van der Waals surface area contributed by atoms with E-state index in [0.717, 1.165) is 11.6 Å². The van der Waals surface area contributed by atoms with Crippen LogP contribution in [0.5, 0.6) is 0 Å². The van der Waals surface area contributed by atoms with Gasteiger partial charge >= 0.3 is 0 Å². The van der Waals surface area contributed by atoms with Crippen LogP contribution in [-0.4, -0.2) is 25.7 Å². The predicted octanol–water partition coefficient (Wildman–Crippen LogP) is 3.96. The van der Waals surface area contributed by atoms with E-state index in [2.05, 4.69) is 10.1 Å². The summed E-state index contributed by atoms with van der Waals surface area (Å²) >= 11 is 0. The second-order valence-corrected chi connectivity index (χ2v) is 6.10. The molecular weight excluding hydrogens is 337 g/mol. The van der Waals surface area contributed by atoms with Gasteiger partial charge < -0.3 is 9.52 Å². The van der Waals surface area contributed by atoms with E-state index >= 15 is 0 Å². The lowest BCUT2D eigenvalue weighted by molar-refractivity contribution is 0.101. The molecular formula is C19H18FN3O3. The zero-order valence-electron chi connectivity index (χ0n) is 14.4. The van der Waals surface area contributed by atoms with Crippen molar-refractivity contribution in [1.29, 1.82) is 0 Å². The molecule has 6 nitrogen and oxygen atoms in total. The van der Waals surface area contributed by atoms with E-state index < -0.39 is 5.78 Å². The lowest BCUT2D eigenvalue weighted by Gasteiger charge is -2.01. The molecule has 2 aromatic heterocycles. The minimum absolute atomic E-state index is 0.0742. The van der Waals surface area contributed by atoms with Crippen molar-refractivity contribution >= 4 is 11.5 Å². The number of hydrogen-bond acceptors (Lipinski definition) is 5. The van der Waals surface area contributed by atoms with Crippen LogP contribution in [0.15, 0.2) is 53.2 Å². The third-order valence-corrected chi connectivity index (χ3v) is 3.73. The Labute approximate surface area is 149 Å². The quantitative estimate of drug-likeness (QED) is 0.411. The van der Waals surface area contributed by atoms with Crippen LogP contribution in [0, 0.1) is 5.82 Å². The number of aliphatic hydroxyl groups excluding tert-OH is 1. The molecule has 0 spiro atoms. The summed E-state index contributed by atoms with van der Waals surface area (Å²) in [5, 5.41) is 14.1. The maximum Gasteiger partial charge on any atom is 0.224 e. The summed E-state index contributed by atoms with van der Waals surface area (Å²) in [4.78, 5) is 16.2. The first kappa shape index (κ1) is 17.6. The van der Waals surface area contributed by atoms with Gasteiger partial charge in [-0.05, 0) is 43.7 Å². The Balaban J connectivity index is 1.71. The number of halogens is 1. The number of aromatic nitrogens is 3. The van der Waals surface area contributed by atoms with Gasteiger partial charge in [0.15, 0.2) is 11.5 Å². The first-order chi connectivity index (χ1) is 12.4. The van der Waals surface area contributed by atoms with Gasteiger partial charge in [-0.1, -0.05) is 12.1 Å². The maximum atomic E-state index is 12.9. The van der Waals surface area contributed by atoms with Crippen molar-refractivity contribution in [2.24, 2.45) is 0 Å². The van der Waals surface area contributed by atoms with Crippen molar-refractivity contribution in [2.75, 3.05) is 0 Å². The van der Waals surface area contributed by atoms with Gasteiger partial charge in [0.2, 0.25) is 11.6 Å². The van der Waals surface area contributed by atoms with Gasteiger partial charge in [0.05, 0.1) is 0 Å². The van der Waals surface area contributed by atoms with Gasteiger partial charge in [0.1, 0.15) is 17.9 Å². The Kier molecular flexibility index (Phi) is 4.97. The summed E-state index contributed by atoms with van der Waals surface area (Å²) in [6, 6.07) is 9.35. The number of hydrogen-bond donors (Lipinski definition) is 1. The highest BCUT2D eigenvalue weighted by molar-refractivity contribution is 6.05. The average Bonchev–Trinajstić information content (AvgIpc) is 3.26. The molecule has 1 N–H and O–H groups in total. The molecule has 0 atom stereocenters. The predicted molar refractivity (Wildman–Crippen MR) is 93.3 cm³/mol. The van der Waals surface area contributed by atoms with Gasteiger partial charge in [0, 0.05) is 18.5 Å². The SMILES string of the molecule is CC(C)n1cnc(/C(O)=C\C(=O)c2ccc(Cc3ccc(F)cc3)o2)n1. The van der Waals surface area contributed by atoms with Crippen molar-refractivity contribution in [3.05, 3.63) is 77.5 Å². The zero-order chi connectivity index (χ0) is 18.7. The average molecular weight is 355 g/mol. The van der Waals surface area contributed by atoms with Gasteiger partial charge in [-0.2, -0.15) is 0 Å². The Bertz CT molecular complexity index is 939. The number of allylic oxidation sites excluding steroid dienone is 1. The highest BCUT2D eigenvalue weighted by Crippen LogP contribution is 2.16. The standard InChI is InChI=1S/C19H18FN3O3/c1-12(2)23-11-21-19(22-23)17(25)10-16(24)18-8-7-15(26-18)9-13-3-5-14(20)6-4-13/h3-8,10-12,25H,9H2,1-2H3/b17-10+. The topological polar surface area (TPSA) is 81.1 Å². The molecule has 0 amide bonds. The molecule has 0 bridgehead atoms. The van der Waals surface area contributed by atoms with E-state index in [1.54, 1.807) is 22.9 Å². The van der Waals surface area contributed by atoms with Gasteiger partial charge in [-0.15, -0.1) is 5.10 Å². The third-order valence-electron chi connectivity index (χ3n) is 3.73. The fraction of sp³-hybridized carbons (Fsp3) is 0.211. The Morgan fingerprint density at radius 2 is 2.00 bits per heavy atom. The number of furan rings is 1. The second-order valence-electron chi connectivity index (χ2n) is 6.10. The molecule has 0 radical (unpaired) electrons. The number of benzene rings is 1. The number of nitrogens with zero attached hydrogens (tertiary/aromatic N) is 3. The molecule has 0 aliphatic heterocycles. The minimum Gasteiger partial charge on any atom is -0.504 e. The van der Waals surface area contributed by atoms with Crippen LogP contribution in [0.4, 0.5) is 4.39 Å². The molecule has 0 saturated carbocycles. The normalized spacial score (nSPS) is 11.9. The molecule has 0 aliphatic carbocycles. The van der Waals surface area contributed by atoms with Gasteiger partial charge in [-0.25, -0.2) is 14.1 Å². The largest absolute Gasteiger partial charge is 0.504 e. The number of carbonyl (C=O) groups is 1.